The van der Waals surface area contributed by atoms with E-state index in [1.54, 1.807) is 6.92 Å². The highest BCUT2D eigenvalue weighted by Crippen LogP contribution is 2.03. The van der Waals surface area contributed by atoms with Gasteiger partial charge in [-0.05, 0) is 12.8 Å². The van der Waals surface area contributed by atoms with Crippen LogP contribution in [0.5, 0.6) is 0 Å². The van der Waals surface area contributed by atoms with Crippen LogP contribution in [0, 0.1) is 5.92 Å². The van der Waals surface area contributed by atoms with Crippen LogP contribution in [0.2, 0.25) is 0 Å². The average molecular weight is 316 g/mol. The average Bonchev–Trinajstić information content (AvgIpc) is 2.47. The van der Waals surface area contributed by atoms with Crippen LogP contribution in [-0.2, 0) is 33.3 Å². The Morgan fingerprint density at radius 1 is 1.00 bits per heavy atom. The van der Waals surface area contributed by atoms with Crippen molar-refractivity contribution in [1.29, 1.82) is 0 Å². The molecule has 1 atom stereocenters. The molecule has 1 unspecified atom stereocenters. The van der Waals surface area contributed by atoms with Gasteiger partial charge in [-0.2, -0.15) is 0 Å². The number of rotatable bonds is 11. The van der Waals surface area contributed by atoms with E-state index in [0.717, 1.165) is 6.08 Å². The normalized spacial score (nSPS) is 11.6. The minimum absolute atomic E-state index is 0.0544. The second-order valence-corrected chi connectivity index (χ2v) is 4.88. The fourth-order valence-electron chi connectivity index (χ4n) is 1.24. The molecule has 0 N–H and O–H groups in total. The predicted molar refractivity (Wildman–Crippen MR) is 77.7 cm³/mol. The Morgan fingerprint density at radius 3 is 2.18 bits per heavy atom. The molecule has 0 aromatic heterocycles. The summed E-state index contributed by atoms with van der Waals surface area (Å²) in [4.78, 5) is 33.5. The zero-order valence-corrected chi connectivity index (χ0v) is 13.3. The minimum Gasteiger partial charge on any atom is -0.462 e. The Kier molecular flexibility index (Phi) is 10.7. The lowest BCUT2D eigenvalue weighted by atomic mass is 10.2. The van der Waals surface area contributed by atoms with Gasteiger partial charge in [-0.1, -0.05) is 20.4 Å². The maximum atomic E-state index is 11.5. The first-order valence-electron chi connectivity index (χ1n) is 7.11. The molecule has 0 aliphatic carbocycles. The molecule has 0 aromatic rings. The highest BCUT2D eigenvalue weighted by Gasteiger charge is 2.13. The van der Waals surface area contributed by atoms with Gasteiger partial charge in [0.2, 0.25) is 0 Å². The first kappa shape index (κ1) is 20.1. The lowest BCUT2D eigenvalue weighted by Gasteiger charge is -2.15. The molecule has 0 saturated carbocycles. The fourth-order valence-corrected chi connectivity index (χ4v) is 1.24. The van der Waals surface area contributed by atoms with Gasteiger partial charge in [-0.3, -0.25) is 9.59 Å². The van der Waals surface area contributed by atoms with Crippen LogP contribution in [0.3, 0.4) is 0 Å². The van der Waals surface area contributed by atoms with Gasteiger partial charge in [0, 0.05) is 6.08 Å². The van der Waals surface area contributed by atoms with Gasteiger partial charge in [0.15, 0.2) is 6.29 Å². The minimum atomic E-state index is -0.649. The Morgan fingerprint density at radius 2 is 1.59 bits per heavy atom. The molecule has 0 radical (unpaired) electrons. The number of hydrogen-bond acceptors (Lipinski definition) is 7. The van der Waals surface area contributed by atoms with Crippen molar-refractivity contribution < 1.29 is 33.3 Å². The molecule has 0 fully saturated rings. The SMILES string of the molecule is C=CC(=O)OCCOC(=O)CCC(=O)OC(C)OCC(C)C. The monoisotopic (exact) mass is 316 g/mol. The Hall–Kier alpha value is -1.89. The van der Waals surface area contributed by atoms with Crippen molar-refractivity contribution in [2.75, 3.05) is 19.8 Å². The predicted octanol–water partition coefficient (Wildman–Crippen LogP) is 1.60. The van der Waals surface area contributed by atoms with E-state index in [9.17, 15) is 14.4 Å². The van der Waals surface area contributed by atoms with Crippen LogP contribution in [-0.4, -0.2) is 44.0 Å². The number of carbonyl (C=O) groups is 3. The number of hydrogen-bond donors (Lipinski definition) is 0. The second-order valence-electron chi connectivity index (χ2n) is 4.88. The quantitative estimate of drug-likeness (QED) is 0.188. The van der Waals surface area contributed by atoms with Gasteiger partial charge in [0.25, 0.3) is 0 Å². The molecule has 0 aliphatic rings. The fraction of sp³-hybridized carbons (Fsp3) is 0.667. The van der Waals surface area contributed by atoms with Crippen LogP contribution in [0.15, 0.2) is 12.7 Å². The van der Waals surface area contributed by atoms with Crippen LogP contribution >= 0.6 is 0 Å². The number of ether oxygens (including phenoxy) is 4. The third-order valence-electron chi connectivity index (χ3n) is 2.25. The first-order chi connectivity index (χ1) is 10.3. The summed E-state index contributed by atoms with van der Waals surface area (Å²) >= 11 is 0. The van der Waals surface area contributed by atoms with E-state index in [1.807, 2.05) is 13.8 Å². The molecule has 0 aliphatic heterocycles. The van der Waals surface area contributed by atoms with Gasteiger partial charge in [0.1, 0.15) is 13.2 Å². The van der Waals surface area contributed by atoms with E-state index in [0.29, 0.717) is 12.5 Å². The van der Waals surface area contributed by atoms with Gasteiger partial charge in [0.05, 0.1) is 19.4 Å². The Bertz CT molecular complexity index is 376. The van der Waals surface area contributed by atoms with Crippen molar-refractivity contribution in [1.82, 2.24) is 0 Å². The summed E-state index contributed by atoms with van der Waals surface area (Å²) in [6.07, 6.45) is 0.163. The Balaban J connectivity index is 3.70. The van der Waals surface area contributed by atoms with Crippen molar-refractivity contribution in [3.05, 3.63) is 12.7 Å². The van der Waals surface area contributed by atoms with Gasteiger partial charge >= 0.3 is 17.9 Å². The molecule has 0 saturated heterocycles. The molecule has 0 aromatic carbocycles. The third-order valence-corrected chi connectivity index (χ3v) is 2.25. The molecule has 0 amide bonds. The largest absolute Gasteiger partial charge is 0.462 e. The molecule has 7 heteroatoms. The molecular weight excluding hydrogens is 292 g/mol. The van der Waals surface area contributed by atoms with Crippen molar-refractivity contribution in [3.63, 3.8) is 0 Å². The van der Waals surface area contributed by atoms with E-state index in [-0.39, 0.29) is 26.1 Å². The highest BCUT2D eigenvalue weighted by molar-refractivity contribution is 5.81. The van der Waals surface area contributed by atoms with Crippen molar-refractivity contribution in [2.24, 2.45) is 5.92 Å². The molecule has 0 rings (SSSR count). The first-order valence-corrected chi connectivity index (χ1v) is 7.11. The summed E-state index contributed by atoms with van der Waals surface area (Å²) in [7, 11) is 0. The summed E-state index contributed by atoms with van der Waals surface area (Å²) in [6, 6.07) is 0. The number of carbonyl (C=O) groups excluding carboxylic acids is 3. The molecule has 0 spiro atoms. The summed E-state index contributed by atoms with van der Waals surface area (Å²) in [5, 5.41) is 0. The van der Waals surface area contributed by atoms with E-state index in [2.05, 4.69) is 11.3 Å². The Labute approximate surface area is 130 Å². The van der Waals surface area contributed by atoms with Crippen LogP contribution in [0.4, 0.5) is 0 Å². The lowest BCUT2D eigenvalue weighted by Crippen LogP contribution is -2.21. The van der Waals surface area contributed by atoms with Crippen LogP contribution in [0.25, 0.3) is 0 Å². The van der Waals surface area contributed by atoms with E-state index >= 15 is 0 Å². The van der Waals surface area contributed by atoms with E-state index < -0.39 is 24.2 Å². The zero-order chi connectivity index (χ0) is 17.0. The topological polar surface area (TPSA) is 88.1 Å². The van der Waals surface area contributed by atoms with Gasteiger partial charge < -0.3 is 18.9 Å². The molecule has 7 nitrogen and oxygen atoms in total. The van der Waals surface area contributed by atoms with Crippen molar-refractivity contribution in [2.45, 2.75) is 39.9 Å². The third kappa shape index (κ3) is 11.9. The summed E-state index contributed by atoms with van der Waals surface area (Å²) < 4.78 is 19.7. The molecule has 22 heavy (non-hydrogen) atoms. The molecule has 0 bridgehead atoms. The zero-order valence-electron chi connectivity index (χ0n) is 13.3. The van der Waals surface area contributed by atoms with E-state index in [1.165, 1.54) is 0 Å². The van der Waals surface area contributed by atoms with Gasteiger partial charge in [-0.15, -0.1) is 0 Å². The van der Waals surface area contributed by atoms with Crippen LogP contribution < -0.4 is 0 Å². The van der Waals surface area contributed by atoms with Gasteiger partial charge in [-0.25, -0.2) is 4.79 Å². The summed E-state index contributed by atoms with van der Waals surface area (Å²) in [6.45, 7) is 9.17. The highest BCUT2D eigenvalue weighted by atomic mass is 16.7. The maximum Gasteiger partial charge on any atom is 0.330 e. The number of esters is 3. The molecular formula is C15H24O7. The van der Waals surface area contributed by atoms with Crippen molar-refractivity contribution in [3.8, 4) is 0 Å². The molecule has 0 heterocycles. The second kappa shape index (κ2) is 11.7. The standard InChI is InChI=1S/C15H24O7/c1-5-13(16)19-8-9-20-14(17)6-7-15(18)22-12(4)21-10-11(2)3/h5,11-12H,1,6-10H2,2-4H3. The lowest BCUT2D eigenvalue weighted by molar-refractivity contribution is -0.177. The summed E-state index contributed by atoms with van der Waals surface area (Å²) in [5.74, 6) is -1.35. The van der Waals surface area contributed by atoms with E-state index in [4.69, 9.17) is 14.2 Å². The van der Waals surface area contributed by atoms with Crippen LogP contribution in [0.1, 0.15) is 33.6 Å². The maximum absolute atomic E-state index is 11.5. The summed E-state index contributed by atoms with van der Waals surface area (Å²) in [5.41, 5.74) is 0. The smallest absolute Gasteiger partial charge is 0.330 e. The molecule has 126 valence electrons. The van der Waals surface area contributed by atoms with Crippen molar-refractivity contribution >= 4 is 17.9 Å².